The van der Waals surface area contributed by atoms with Crippen molar-refractivity contribution >= 4 is 5.96 Å². The molecule has 5 heteroatoms. The Morgan fingerprint density at radius 1 is 1.15 bits per heavy atom. The van der Waals surface area contributed by atoms with E-state index >= 15 is 0 Å². The van der Waals surface area contributed by atoms with Gasteiger partial charge in [-0.25, -0.2) is 0 Å². The zero-order chi connectivity index (χ0) is 18.2. The molecule has 3 rings (SSSR count). The van der Waals surface area contributed by atoms with Gasteiger partial charge in [0.2, 0.25) is 0 Å². The van der Waals surface area contributed by atoms with Crippen LogP contribution in [0.3, 0.4) is 0 Å². The van der Waals surface area contributed by atoms with Crippen LogP contribution in [0.15, 0.2) is 52.1 Å². The second-order valence-corrected chi connectivity index (χ2v) is 6.92. The summed E-state index contributed by atoms with van der Waals surface area (Å²) in [7, 11) is 1.81. The van der Waals surface area contributed by atoms with Crippen LogP contribution >= 0.6 is 0 Å². The van der Waals surface area contributed by atoms with Crippen LogP contribution in [0, 0.1) is 6.92 Å². The maximum Gasteiger partial charge on any atom is 0.191 e. The SMILES string of the molecule is CN=C(NCc1cccc(C)c1)NCC(c1ccco1)N1CCCCC1. The van der Waals surface area contributed by atoms with E-state index in [0.717, 1.165) is 37.9 Å². The zero-order valence-corrected chi connectivity index (χ0v) is 15.9. The minimum Gasteiger partial charge on any atom is -0.468 e. The molecule has 1 aromatic heterocycles. The van der Waals surface area contributed by atoms with Crippen molar-refractivity contribution in [1.29, 1.82) is 0 Å². The molecule has 0 amide bonds. The second-order valence-electron chi connectivity index (χ2n) is 6.92. The molecule has 0 radical (unpaired) electrons. The summed E-state index contributed by atoms with van der Waals surface area (Å²) in [6, 6.07) is 12.8. The monoisotopic (exact) mass is 354 g/mol. The van der Waals surface area contributed by atoms with E-state index in [1.165, 1.54) is 30.4 Å². The number of hydrogen-bond donors (Lipinski definition) is 2. The first-order valence-electron chi connectivity index (χ1n) is 9.54. The molecule has 2 N–H and O–H groups in total. The predicted octanol–water partition coefficient (Wildman–Crippen LogP) is 3.48. The predicted molar refractivity (Wildman–Crippen MR) is 106 cm³/mol. The molecular formula is C21H30N4O. The summed E-state index contributed by atoms with van der Waals surface area (Å²) in [6.07, 6.45) is 5.61. The van der Waals surface area contributed by atoms with E-state index in [-0.39, 0.29) is 6.04 Å². The van der Waals surface area contributed by atoms with E-state index in [1.54, 1.807) is 6.26 Å². The van der Waals surface area contributed by atoms with Crippen molar-refractivity contribution in [1.82, 2.24) is 15.5 Å². The van der Waals surface area contributed by atoms with Crippen molar-refractivity contribution in [3.63, 3.8) is 0 Å². The number of furan rings is 1. The highest BCUT2D eigenvalue weighted by Gasteiger charge is 2.24. The van der Waals surface area contributed by atoms with Gasteiger partial charge in [-0.3, -0.25) is 9.89 Å². The molecule has 1 aromatic carbocycles. The number of likely N-dealkylation sites (tertiary alicyclic amines) is 1. The van der Waals surface area contributed by atoms with Gasteiger partial charge in [-0.05, 0) is 50.6 Å². The molecule has 26 heavy (non-hydrogen) atoms. The van der Waals surface area contributed by atoms with Gasteiger partial charge in [0.05, 0.1) is 12.3 Å². The summed E-state index contributed by atoms with van der Waals surface area (Å²) >= 11 is 0. The van der Waals surface area contributed by atoms with Gasteiger partial charge in [-0.15, -0.1) is 0 Å². The van der Waals surface area contributed by atoms with Crippen LogP contribution in [0.2, 0.25) is 0 Å². The average molecular weight is 354 g/mol. The number of aryl methyl sites for hydroxylation is 1. The Balaban J connectivity index is 1.57. The van der Waals surface area contributed by atoms with Gasteiger partial charge in [-0.1, -0.05) is 36.2 Å². The Kier molecular flexibility index (Phi) is 6.72. The lowest BCUT2D eigenvalue weighted by Gasteiger charge is -2.33. The van der Waals surface area contributed by atoms with E-state index in [2.05, 4.69) is 57.8 Å². The zero-order valence-electron chi connectivity index (χ0n) is 15.9. The molecule has 2 heterocycles. The van der Waals surface area contributed by atoms with Crippen molar-refractivity contribution < 1.29 is 4.42 Å². The first kappa shape index (κ1) is 18.5. The van der Waals surface area contributed by atoms with Crippen molar-refractivity contribution in [3.05, 3.63) is 59.5 Å². The molecule has 0 spiro atoms. The molecule has 140 valence electrons. The molecular weight excluding hydrogens is 324 g/mol. The highest BCUT2D eigenvalue weighted by molar-refractivity contribution is 5.79. The Morgan fingerprint density at radius 3 is 2.69 bits per heavy atom. The molecule has 2 aromatic rings. The second kappa shape index (κ2) is 9.43. The number of benzene rings is 1. The number of hydrogen-bond acceptors (Lipinski definition) is 3. The standard InChI is InChI=1S/C21H30N4O/c1-17-8-6-9-18(14-17)15-23-21(22-2)24-16-19(20-10-7-13-26-20)25-11-4-3-5-12-25/h6-10,13-14,19H,3-5,11-12,15-16H2,1-2H3,(H2,22,23,24). The lowest BCUT2D eigenvalue weighted by atomic mass is 10.1. The molecule has 1 unspecified atom stereocenters. The summed E-state index contributed by atoms with van der Waals surface area (Å²) in [5, 5.41) is 6.88. The third-order valence-corrected chi connectivity index (χ3v) is 4.93. The molecule has 0 aliphatic carbocycles. The smallest absolute Gasteiger partial charge is 0.191 e. The van der Waals surface area contributed by atoms with Crippen LogP contribution in [0.25, 0.3) is 0 Å². The summed E-state index contributed by atoms with van der Waals surface area (Å²) in [5.41, 5.74) is 2.53. The fraction of sp³-hybridized carbons (Fsp3) is 0.476. The van der Waals surface area contributed by atoms with Gasteiger partial charge in [0.1, 0.15) is 5.76 Å². The Bertz CT molecular complexity index is 690. The molecule has 0 saturated carbocycles. The minimum atomic E-state index is 0.239. The minimum absolute atomic E-state index is 0.239. The summed E-state index contributed by atoms with van der Waals surface area (Å²) < 4.78 is 5.72. The van der Waals surface area contributed by atoms with Gasteiger partial charge >= 0.3 is 0 Å². The maximum atomic E-state index is 5.72. The molecule has 1 fully saturated rings. The van der Waals surface area contributed by atoms with Gasteiger partial charge in [0, 0.05) is 20.1 Å². The van der Waals surface area contributed by atoms with Gasteiger partial charge in [0.15, 0.2) is 5.96 Å². The highest BCUT2D eigenvalue weighted by Crippen LogP contribution is 2.24. The van der Waals surface area contributed by atoms with Crippen molar-refractivity contribution in [3.8, 4) is 0 Å². The lowest BCUT2D eigenvalue weighted by Crippen LogP contribution is -2.44. The Morgan fingerprint density at radius 2 is 2.00 bits per heavy atom. The van der Waals surface area contributed by atoms with Gasteiger partial charge < -0.3 is 15.1 Å². The van der Waals surface area contributed by atoms with Gasteiger partial charge in [0.25, 0.3) is 0 Å². The number of nitrogens with one attached hydrogen (secondary N) is 2. The summed E-state index contributed by atoms with van der Waals surface area (Å²) in [5.74, 6) is 1.84. The third kappa shape index (κ3) is 5.11. The fourth-order valence-electron chi connectivity index (χ4n) is 3.54. The Labute approximate surface area is 156 Å². The third-order valence-electron chi connectivity index (χ3n) is 4.93. The van der Waals surface area contributed by atoms with Crippen LogP contribution in [-0.2, 0) is 6.54 Å². The number of aliphatic imine (C=N–C) groups is 1. The van der Waals surface area contributed by atoms with Crippen LogP contribution in [0.1, 0.15) is 42.2 Å². The molecule has 1 aliphatic heterocycles. The Hall–Kier alpha value is -2.27. The quantitative estimate of drug-likeness (QED) is 0.616. The van der Waals surface area contributed by atoms with E-state index in [1.807, 2.05) is 13.1 Å². The average Bonchev–Trinajstić information content (AvgIpc) is 3.20. The number of rotatable bonds is 6. The first-order valence-corrected chi connectivity index (χ1v) is 9.54. The molecule has 0 bridgehead atoms. The number of nitrogens with zero attached hydrogens (tertiary/aromatic N) is 2. The van der Waals surface area contributed by atoms with E-state index in [9.17, 15) is 0 Å². The van der Waals surface area contributed by atoms with Crippen LogP contribution in [0.4, 0.5) is 0 Å². The number of guanidine groups is 1. The molecule has 1 saturated heterocycles. The van der Waals surface area contributed by atoms with E-state index in [0.29, 0.717) is 0 Å². The van der Waals surface area contributed by atoms with Crippen molar-refractivity contribution in [2.24, 2.45) is 4.99 Å². The van der Waals surface area contributed by atoms with Crippen molar-refractivity contribution in [2.75, 3.05) is 26.7 Å². The largest absolute Gasteiger partial charge is 0.468 e. The van der Waals surface area contributed by atoms with Crippen molar-refractivity contribution in [2.45, 2.75) is 38.8 Å². The van der Waals surface area contributed by atoms with Gasteiger partial charge in [-0.2, -0.15) is 0 Å². The highest BCUT2D eigenvalue weighted by atomic mass is 16.3. The summed E-state index contributed by atoms with van der Waals surface area (Å²) in [4.78, 5) is 6.89. The molecule has 1 aliphatic rings. The first-order chi connectivity index (χ1) is 12.8. The molecule has 1 atom stereocenters. The lowest BCUT2D eigenvalue weighted by molar-refractivity contribution is 0.146. The number of piperidine rings is 1. The maximum absolute atomic E-state index is 5.72. The normalized spacial score (nSPS) is 17.1. The fourth-order valence-corrected chi connectivity index (χ4v) is 3.54. The van der Waals surface area contributed by atoms with E-state index < -0.39 is 0 Å². The van der Waals surface area contributed by atoms with E-state index in [4.69, 9.17) is 4.42 Å². The topological polar surface area (TPSA) is 52.8 Å². The summed E-state index contributed by atoms with van der Waals surface area (Å²) in [6.45, 7) is 5.91. The van der Waals surface area contributed by atoms with Crippen LogP contribution < -0.4 is 10.6 Å². The van der Waals surface area contributed by atoms with Crippen LogP contribution in [0.5, 0.6) is 0 Å². The molecule has 5 nitrogen and oxygen atoms in total. The van der Waals surface area contributed by atoms with Crippen LogP contribution in [-0.4, -0.2) is 37.5 Å².